The van der Waals surface area contributed by atoms with E-state index in [0.717, 1.165) is 28.3 Å². The summed E-state index contributed by atoms with van der Waals surface area (Å²) in [6.07, 6.45) is 4.60. The van der Waals surface area contributed by atoms with Crippen LogP contribution in [-0.2, 0) is 17.8 Å². The molecular formula is C20H23ClN4O2. The molecule has 27 heavy (non-hydrogen) atoms. The number of amides is 1. The summed E-state index contributed by atoms with van der Waals surface area (Å²) >= 11 is 5.94. The highest BCUT2D eigenvalue weighted by Crippen LogP contribution is 2.21. The molecule has 0 bridgehead atoms. The van der Waals surface area contributed by atoms with Crippen molar-refractivity contribution in [2.75, 3.05) is 5.32 Å². The lowest BCUT2D eigenvalue weighted by Gasteiger charge is -2.12. The van der Waals surface area contributed by atoms with Crippen LogP contribution < -0.4 is 5.32 Å². The van der Waals surface area contributed by atoms with Gasteiger partial charge in [0.2, 0.25) is 11.1 Å². The number of hydrogen-bond acceptors (Lipinski definition) is 4. The van der Waals surface area contributed by atoms with Crippen molar-refractivity contribution in [1.82, 2.24) is 14.7 Å². The average molecular weight is 387 g/mol. The zero-order valence-corrected chi connectivity index (χ0v) is 16.5. The maximum atomic E-state index is 12.3. The second-order valence-corrected chi connectivity index (χ2v) is 7.18. The normalized spacial score (nSPS) is 11.1. The van der Waals surface area contributed by atoms with Gasteiger partial charge < -0.3 is 14.4 Å². The number of aromatic nitrogens is 3. The number of halogens is 1. The van der Waals surface area contributed by atoms with E-state index in [9.17, 15) is 4.79 Å². The molecule has 0 spiro atoms. The van der Waals surface area contributed by atoms with Gasteiger partial charge in [0.15, 0.2) is 0 Å². The van der Waals surface area contributed by atoms with Crippen molar-refractivity contribution in [3.63, 3.8) is 0 Å². The molecule has 0 aliphatic carbocycles. The zero-order chi connectivity index (χ0) is 19.4. The maximum Gasteiger partial charge on any atom is 0.229 e. The molecule has 0 saturated heterocycles. The molecule has 0 aliphatic rings. The van der Waals surface area contributed by atoms with Crippen LogP contribution in [-0.4, -0.2) is 20.6 Å². The number of benzene rings is 1. The van der Waals surface area contributed by atoms with Gasteiger partial charge in [0.05, 0.1) is 5.69 Å². The van der Waals surface area contributed by atoms with E-state index in [0.29, 0.717) is 25.3 Å². The number of nitrogens with zero attached hydrogens (tertiary/aromatic N) is 3. The van der Waals surface area contributed by atoms with Crippen LogP contribution in [0.4, 0.5) is 5.69 Å². The van der Waals surface area contributed by atoms with Crippen LogP contribution in [0.15, 0.2) is 41.2 Å². The molecule has 0 radical (unpaired) electrons. The van der Waals surface area contributed by atoms with E-state index in [4.69, 9.17) is 16.1 Å². The second kappa shape index (κ2) is 8.39. The minimum absolute atomic E-state index is 0.0747. The Morgan fingerprint density at radius 1 is 1.37 bits per heavy atom. The molecule has 0 atom stereocenters. The fourth-order valence-corrected chi connectivity index (χ4v) is 3.27. The molecule has 0 saturated carbocycles. The van der Waals surface area contributed by atoms with Crippen molar-refractivity contribution < 1.29 is 9.32 Å². The average Bonchev–Trinajstić information content (AvgIpc) is 3.20. The Labute approximate surface area is 163 Å². The predicted octanol–water partition coefficient (Wildman–Crippen LogP) is 4.58. The predicted molar refractivity (Wildman–Crippen MR) is 105 cm³/mol. The zero-order valence-electron chi connectivity index (χ0n) is 15.7. The van der Waals surface area contributed by atoms with Gasteiger partial charge in [-0.2, -0.15) is 0 Å². The van der Waals surface area contributed by atoms with Crippen molar-refractivity contribution in [3.8, 4) is 0 Å². The third-order valence-electron chi connectivity index (χ3n) is 4.37. The summed E-state index contributed by atoms with van der Waals surface area (Å²) in [4.78, 5) is 16.7. The van der Waals surface area contributed by atoms with E-state index in [-0.39, 0.29) is 11.1 Å². The molecule has 0 unspecified atom stereocenters. The van der Waals surface area contributed by atoms with Crippen LogP contribution in [0, 0.1) is 6.92 Å². The Morgan fingerprint density at radius 3 is 2.89 bits per heavy atom. The van der Waals surface area contributed by atoms with Crippen molar-refractivity contribution >= 4 is 23.2 Å². The van der Waals surface area contributed by atoms with Crippen molar-refractivity contribution in [1.29, 1.82) is 0 Å². The summed E-state index contributed by atoms with van der Waals surface area (Å²) in [5.74, 6) is 1.33. The number of rotatable bonds is 7. The number of aryl methyl sites for hydroxylation is 1. The molecule has 3 rings (SSSR count). The lowest BCUT2D eigenvalue weighted by Crippen LogP contribution is -2.13. The van der Waals surface area contributed by atoms with E-state index in [1.54, 1.807) is 0 Å². The lowest BCUT2D eigenvalue weighted by molar-refractivity contribution is -0.116. The fourth-order valence-electron chi connectivity index (χ4n) is 3.00. The van der Waals surface area contributed by atoms with E-state index in [2.05, 4.69) is 33.9 Å². The number of hydrogen-bond donors (Lipinski definition) is 1. The fraction of sp³-hybridized carbons (Fsp3) is 0.350. The van der Waals surface area contributed by atoms with Crippen LogP contribution in [0.1, 0.15) is 48.8 Å². The van der Waals surface area contributed by atoms with Crippen LogP contribution in [0.25, 0.3) is 0 Å². The summed E-state index contributed by atoms with van der Waals surface area (Å²) in [6.45, 7) is 6.78. The smallest absolute Gasteiger partial charge is 0.229 e. The highest BCUT2D eigenvalue weighted by molar-refractivity contribution is 6.29. The molecule has 3 aromatic rings. The van der Waals surface area contributed by atoms with E-state index in [1.165, 1.54) is 0 Å². The van der Waals surface area contributed by atoms with E-state index < -0.39 is 0 Å². The third-order valence-corrected chi connectivity index (χ3v) is 4.66. The second-order valence-electron chi connectivity index (χ2n) is 6.84. The van der Waals surface area contributed by atoms with Gasteiger partial charge >= 0.3 is 0 Å². The molecule has 2 heterocycles. The first kappa shape index (κ1) is 19.2. The summed E-state index contributed by atoms with van der Waals surface area (Å²) < 4.78 is 7.04. The Bertz CT molecular complexity index is 910. The van der Waals surface area contributed by atoms with Crippen molar-refractivity contribution in [2.24, 2.45) is 0 Å². The number of carbonyl (C=O) groups is 1. The van der Waals surface area contributed by atoms with Crippen LogP contribution in [0.5, 0.6) is 0 Å². The maximum absolute atomic E-state index is 12.3. The molecule has 0 fully saturated rings. The summed E-state index contributed by atoms with van der Waals surface area (Å²) in [6, 6.07) is 7.86. The first-order valence-electron chi connectivity index (χ1n) is 8.94. The topological polar surface area (TPSA) is 73.0 Å². The van der Waals surface area contributed by atoms with Crippen LogP contribution >= 0.6 is 11.6 Å². The van der Waals surface area contributed by atoms with Gasteiger partial charge in [-0.15, -0.1) is 0 Å². The highest BCUT2D eigenvalue weighted by Gasteiger charge is 2.13. The van der Waals surface area contributed by atoms with Gasteiger partial charge in [-0.1, -0.05) is 31.1 Å². The minimum Gasteiger partial charge on any atom is -0.344 e. The summed E-state index contributed by atoms with van der Waals surface area (Å²) in [7, 11) is 0. The van der Waals surface area contributed by atoms with Crippen molar-refractivity contribution in [3.05, 3.63) is 64.5 Å². The Kier molecular flexibility index (Phi) is 5.96. The van der Waals surface area contributed by atoms with Crippen molar-refractivity contribution in [2.45, 2.75) is 46.1 Å². The van der Waals surface area contributed by atoms with Crippen LogP contribution in [0.3, 0.4) is 0 Å². The third kappa shape index (κ3) is 4.77. The first-order valence-corrected chi connectivity index (χ1v) is 9.32. The van der Waals surface area contributed by atoms with Crippen LogP contribution in [0.2, 0.25) is 5.22 Å². The van der Waals surface area contributed by atoms with E-state index in [1.807, 2.05) is 43.6 Å². The summed E-state index contributed by atoms with van der Waals surface area (Å²) in [5, 5.41) is 6.99. The number of carbonyl (C=O) groups excluding carboxylic acids is 1. The lowest BCUT2D eigenvalue weighted by atomic mass is 10.1. The first-order chi connectivity index (χ1) is 12.9. The molecule has 1 aromatic carbocycles. The summed E-state index contributed by atoms with van der Waals surface area (Å²) in [5.41, 5.74) is 3.38. The minimum atomic E-state index is -0.0747. The Hall–Kier alpha value is -2.60. The molecule has 1 N–H and O–H groups in total. The number of anilines is 1. The number of nitrogens with one attached hydrogen (secondary N) is 1. The molecule has 142 valence electrons. The monoisotopic (exact) mass is 386 g/mol. The molecule has 7 heteroatoms. The standard InChI is InChI=1S/C20H23ClN4O2/c1-13(2)20-22-9-10-25(20)12-15-5-4-6-16(11-15)23-18(26)8-7-17-14(3)24-27-19(17)21/h4-6,9-11,13H,7-8,12H2,1-3H3,(H,23,26). The Morgan fingerprint density at radius 2 is 2.19 bits per heavy atom. The molecular weight excluding hydrogens is 364 g/mol. The van der Waals surface area contributed by atoms with Gasteiger partial charge in [0.25, 0.3) is 0 Å². The largest absolute Gasteiger partial charge is 0.344 e. The van der Waals surface area contributed by atoms with Gasteiger partial charge in [-0.3, -0.25) is 4.79 Å². The van der Waals surface area contributed by atoms with Gasteiger partial charge in [-0.05, 0) is 42.6 Å². The Balaban J connectivity index is 1.62. The van der Waals surface area contributed by atoms with E-state index >= 15 is 0 Å². The van der Waals surface area contributed by atoms with Gasteiger partial charge in [0, 0.05) is 42.5 Å². The SMILES string of the molecule is Cc1noc(Cl)c1CCC(=O)Nc1cccc(Cn2ccnc2C(C)C)c1. The quantitative estimate of drug-likeness (QED) is 0.645. The molecule has 1 amide bonds. The molecule has 2 aromatic heterocycles. The van der Waals surface area contributed by atoms with Gasteiger partial charge in [-0.25, -0.2) is 4.98 Å². The molecule has 0 aliphatic heterocycles. The highest BCUT2D eigenvalue weighted by atomic mass is 35.5. The number of imidazole rings is 1. The van der Waals surface area contributed by atoms with Gasteiger partial charge in [0.1, 0.15) is 5.82 Å². The molecule has 6 nitrogen and oxygen atoms in total.